The molecule has 3 aromatic rings. The predicted molar refractivity (Wildman–Crippen MR) is 115 cm³/mol. The maximum atomic E-state index is 12.5. The molecular weight excluding hydrogens is 388 g/mol. The number of methoxy groups -OCH3 is 1. The van der Waals surface area contributed by atoms with Gasteiger partial charge in [-0.3, -0.25) is 4.57 Å². The number of aliphatic hydroxyl groups is 2. The van der Waals surface area contributed by atoms with Gasteiger partial charge in [0.2, 0.25) is 5.95 Å². The van der Waals surface area contributed by atoms with Gasteiger partial charge in [0.05, 0.1) is 20.3 Å². The minimum absolute atomic E-state index is 0.104. The lowest BCUT2D eigenvalue weighted by molar-refractivity contribution is 0.280. The molecule has 0 atom stereocenters. The Kier molecular flexibility index (Phi) is 6.91. The number of aliphatic hydroxyl groups excluding tert-OH is 2. The van der Waals surface area contributed by atoms with E-state index in [0.29, 0.717) is 29.5 Å². The fraction of sp³-hybridized carbons (Fsp3) is 0.450. The summed E-state index contributed by atoms with van der Waals surface area (Å²) in [5.41, 5.74) is 1.73. The summed E-state index contributed by atoms with van der Waals surface area (Å²) in [7, 11) is 1.62. The monoisotopic (exact) mass is 416 g/mol. The van der Waals surface area contributed by atoms with Crippen molar-refractivity contribution < 1.29 is 14.9 Å². The number of aromatic amines is 1. The van der Waals surface area contributed by atoms with Gasteiger partial charge in [-0.2, -0.15) is 9.97 Å². The number of anilines is 2. The second kappa shape index (κ2) is 9.59. The molecule has 0 saturated heterocycles. The number of nitrogens with one attached hydrogen (secondary N) is 2. The first-order valence-corrected chi connectivity index (χ1v) is 9.84. The highest BCUT2D eigenvalue weighted by molar-refractivity contribution is 5.84. The summed E-state index contributed by atoms with van der Waals surface area (Å²) >= 11 is 0. The number of fused-ring (bicyclic) bond motifs is 1. The number of rotatable bonds is 10. The Balaban J connectivity index is 2.03. The fourth-order valence-corrected chi connectivity index (χ4v) is 3.22. The molecule has 0 amide bonds. The molecule has 0 bridgehead atoms. The zero-order chi connectivity index (χ0) is 21.7. The number of H-pyrrole nitrogens is 1. The lowest BCUT2D eigenvalue weighted by Gasteiger charge is -2.21. The molecule has 4 N–H and O–H groups in total. The van der Waals surface area contributed by atoms with Crippen molar-refractivity contribution in [3.63, 3.8) is 0 Å². The van der Waals surface area contributed by atoms with Crippen LogP contribution in [-0.4, -0.2) is 63.1 Å². The normalized spacial score (nSPS) is 11.3. The van der Waals surface area contributed by atoms with Crippen LogP contribution >= 0.6 is 0 Å². The summed E-state index contributed by atoms with van der Waals surface area (Å²) in [5, 5.41) is 22.0. The van der Waals surface area contributed by atoms with E-state index in [9.17, 15) is 15.0 Å². The molecule has 3 rings (SSSR count). The third-order valence-corrected chi connectivity index (χ3v) is 4.72. The van der Waals surface area contributed by atoms with Gasteiger partial charge in [-0.25, -0.2) is 4.79 Å². The predicted octanol–water partition coefficient (Wildman–Crippen LogP) is 1.11. The summed E-state index contributed by atoms with van der Waals surface area (Å²) in [5.74, 6) is 1.58. The van der Waals surface area contributed by atoms with E-state index in [-0.39, 0.29) is 38.0 Å². The van der Waals surface area contributed by atoms with Crippen molar-refractivity contribution in [1.29, 1.82) is 0 Å². The van der Waals surface area contributed by atoms with Crippen LogP contribution in [0.25, 0.3) is 11.2 Å². The number of nitrogens with zero attached hydrogens (tertiary/aromatic N) is 4. The fourth-order valence-electron chi connectivity index (χ4n) is 3.22. The van der Waals surface area contributed by atoms with Gasteiger partial charge in [0.15, 0.2) is 11.5 Å². The number of benzene rings is 1. The number of hydrogen-bond acceptors (Lipinski definition) is 8. The van der Waals surface area contributed by atoms with Crippen LogP contribution in [0, 0.1) is 0 Å². The van der Waals surface area contributed by atoms with Gasteiger partial charge in [0.25, 0.3) is 0 Å². The van der Waals surface area contributed by atoms with Crippen molar-refractivity contribution >= 4 is 22.9 Å². The molecule has 0 aliphatic carbocycles. The largest absolute Gasteiger partial charge is 0.497 e. The summed E-state index contributed by atoms with van der Waals surface area (Å²) in [6.45, 7) is 4.59. The Morgan fingerprint density at radius 3 is 2.40 bits per heavy atom. The van der Waals surface area contributed by atoms with Gasteiger partial charge in [0.1, 0.15) is 11.3 Å². The highest BCUT2D eigenvalue weighted by Gasteiger charge is 2.19. The Morgan fingerprint density at radius 1 is 1.17 bits per heavy atom. The molecule has 2 heterocycles. The third-order valence-electron chi connectivity index (χ3n) is 4.72. The maximum Gasteiger partial charge on any atom is 0.328 e. The zero-order valence-electron chi connectivity index (χ0n) is 17.4. The van der Waals surface area contributed by atoms with Gasteiger partial charge >= 0.3 is 5.69 Å². The van der Waals surface area contributed by atoms with Crippen LogP contribution in [0.15, 0.2) is 29.1 Å². The smallest absolute Gasteiger partial charge is 0.328 e. The van der Waals surface area contributed by atoms with E-state index in [1.54, 1.807) is 16.6 Å². The molecule has 0 saturated carbocycles. The van der Waals surface area contributed by atoms with Crippen molar-refractivity contribution in [2.75, 3.05) is 43.6 Å². The van der Waals surface area contributed by atoms with Gasteiger partial charge in [-0.1, -0.05) is 12.1 Å². The Labute approximate surface area is 174 Å². The van der Waals surface area contributed by atoms with Gasteiger partial charge in [0, 0.05) is 25.7 Å². The Bertz CT molecular complexity index is 1020. The van der Waals surface area contributed by atoms with E-state index in [1.165, 1.54) is 0 Å². The van der Waals surface area contributed by atoms with Crippen molar-refractivity contribution in [3.8, 4) is 5.75 Å². The van der Waals surface area contributed by atoms with Crippen LogP contribution in [0.5, 0.6) is 5.75 Å². The van der Waals surface area contributed by atoms with E-state index in [0.717, 1.165) is 11.3 Å². The lowest BCUT2D eigenvalue weighted by atomic mass is 10.2. The molecule has 2 aromatic heterocycles. The first-order chi connectivity index (χ1) is 14.5. The minimum atomic E-state index is -0.269. The first kappa shape index (κ1) is 21.6. The highest BCUT2D eigenvalue weighted by atomic mass is 16.5. The summed E-state index contributed by atoms with van der Waals surface area (Å²) in [6, 6.07) is 7.53. The summed E-state index contributed by atoms with van der Waals surface area (Å²) in [4.78, 5) is 26.2. The van der Waals surface area contributed by atoms with Crippen molar-refractivity contribution in [2.45, 2.75) is 26.4 Å². The SMILES string of the molecule is COc1ccc(CNc2nc(N(CCO)CCO)nc3c2[nH]c(=O)n3C(C)C)cc1. The van der Waals surface area contributed by atoms with Crippen molar-refractivity contribution in [1.82, 2.24) is 19.5 Å². The molecule has 162 valence electrons. The van der Waals surface area contributed by atoms with Gasteiger partial charge in [-0.05, 0) is 31.5 Å². The van der Waals surface area contributed by atoms with Gasteiger partial charge in [-0.15, -0.1) is 0 Å². The van der Waals surface area contributed by atoms with E-state index in [4.69, 9.17) is 4.74 Å². The Hall–Kier alpha value is -3.11. The van der Waals surface area contributed by atoms with Crippen LogP contribution in [0.1, 0.15) is 25.5 Å². The second-order valence-electron chi connectivity index (χ2n) is 7.10. The molecule has 0 aliphatic heterocycles. The van der Waals surface area contributed by atoms with Crippen LogP contribution < -0.4 is 20.6 Å². The quantitative estimate of drug-likeness (QED) is 0.387. The molecule has 10 heteroatoms. The third kappa shape index (κ3) is 4.55. The van der Waals surface area contributed by atoms with E-state index in [2.05, 4.69) is 20.3 Å². The minimum Gasteiger partial charge on any atom is -0.497 e. The molecule has 0 unspecified atom stereocenters. The van der Waals surface area contributed by atoms with Gasteiger partial charge < -0.3 is 30.2 Å². The zero-order valence-corrected chi connectivity index (χ0v) is 17.4. The Morgan fingerprint density at radius 2 is 1.83 bits per heavy atom. The van der Waals surface area contributed by atoms with Crippen LogP contribution in [0.3, 0.4) is 0 Å². The molecule has 0 radical (unpaired) electrons. The van der Waals surface area contributed by atoms with Crippen LogP contribution in [0.4, 0.5) is 11.8 Å². The molecule has 30 heavy (non-hydrogen) atoms. The highest BCUT2D eigenvalue weighted by Crippen LogP contribution is 2.24. The van der Waals surface area contributed by atoms with E-state index < -0.39 is 0 Å². The number of imidazole rings is 1. The average molecular weight is 416 g/mol. The molecule has 0 aliphatic rings. The van der Waals surface area contributed by atoms with Crippen LogP contribution in [-0.2, 0) is 6.54 Å². The van der Waals surface area contributed by atoms with Crippen molar-refractivity contribution in [2.24, 2.45) is 0 Å². The topological polar surface area (TPSA) is 129 Å². The van der Waals surface area contributed by atoms with Crippen molar-refractivity contribution in [3.05, 3.63) is 40.3 Å². The second-order valence-corrected chi connectivity index (χ2v) is 7.10. The summed E-state index contributed by atoms with van der Waals surface area (Å²) in [6.07, 6.45) is 0. The number of hydrogen-bond donors (Lipinski definition) is 4. The molecule has 0 spiro atoms. The molecule has 10 nitrogen and oxygen atoms in total. The molecule has 1 aromatic carbocycles. The lowest BCUT2D eigenvalue weighted by Crippen LogP contribution is -2.31. The number of ether oxygens (including phenoxy) is 1. The summed E-state index contributed by atoms with van der Waals surface area (Å²) < 4.78 is 6.75. The first-order valence-electron chi connectivity index (χ1n) is 9.84. The molecular formula is C20H28N6O4. The maximum absolute atomic E-state index is 12.5. The number of aromatic nitrogens is 4. The van der Waals surface area contributed by atoms with E-state index in [1.807, 2.05) is 38.1 Å². The van der Waals surface area contributed by atoms with Crippen LogP contribution in [0.2, 0.25) is 0 Å². The standard InChI is InChI=1S/C20H28N6O4/c1-13(2)26-18-16(22-20(26)29)17(21-12-14-4-6-15(30-3)7-5-14)23-19(24-18)25(8-10-27)9-11-28/h4-7,13,27-28H,8-12H2,1-3H3,(H,22,29)(H,21,23,24). The van der Waals surface area contributed by atoms with E-state index >= 15 is 0 Å². The average Bonchev–Trinajstić information content (AvgIpc) is 3.08. The molecule has 0 fully saturated rings.